The van der Waals surface area contributed by atoms with Crippen LogP contribution in [-0.2, 0) is 6.54 Å². The number of rotatable bonds is 5. The predicted molar refractivity (Wildman–Crippen MR) is 97.7 cm³/mol. The smallest absolute Gasteiger partial charge is 0.359 e. The van der Waals surface area contributed by atoms with Gasteiger partial charge in [0.15, 0.2) is 0 Å². The van der Waals surface area contributed by atoms with E-state index in [9.17, 15) is 9.82 Å². The number of hydrogen-bond donors (Lipinski definition) is 2. The summed E-state index contributed by atoms with van der Waals surface area (Å²) in [6.45, 7) is -0.375. The maximum atomic E-state index is 12.6. The van der Waals surface area contributed by atoms with Crippen molar-refractivity contribution in [1.29, 1.82) is 0 Å². The van der Waals surface area contributed by atoms with Crippen LogP contribution in [0.3, 0.4) is 0 Å². The van der Waals surface area contributed by atoms with Gasteiger partial charge < -0.3 is 10.3 Å². The van der Waals surface area contributed by atoms with E-state index >= 15 is 0 Å². The van der Waals surface area contributed by atoms with E-state index in [1.165, 1.54) is 0 Å². The van der Waals surface area contributed by atoms with Crippen molar-refractivity contribution in [3.8, 4) is 0 Å². The molecule has 0 saturated carbocycles. The number of hydrogen-bond acceptors (Lipinski definition) is 2. The van der Waals surface area contributed by atoms with Gasteiger partial charge in [0.25, 0.3) is 5.91 Å². The molecule has 2 N–H and O–H groups in total. The molecule has 3 aromatic carbocycles. The highest BCUT2D eigenvalue weighted by Gasteiger charge is 2.22. The van der Waals surface area contributed by atoms with E-state index in [4.69, 9.17) is 0 Å². The summed E-state index contributed by atoms with van der Waals surface area (Å²) < 4.78 is 0. The number of amides is 1. The minimum atomic E-state index is -0.829. The van der Waals surface area contributed by atoms with Gasteiger partial charge in [0, 0.05) is 12.1 Å². The molecular formula is C20H18BNO2. The Labute approximate surface area is 142 Å². The molecule has 0 aromatic heterocycles. The first-order valence-corrected chi connectivity index (χ1v) is 7.90. The van der Waals surface area contributed by atoms with Gasteiger partial charge in [0.2, 0.25) is 0 Å². The van der Waals surface area contributed by atoms with Gasteiger partial charge >= 0.3 is 6.92 Å². The van der Waals surface area contributed by atoms with Crippen molar-refractivity contribution >= 4 is 23.7 Å². The summed E-state index contributed by atoms with van der Waals surface area (Å²) in [6, 6.07) is 26.2. The van der Waals surface area contributed by atoms with Gasteiger partial charge in [0.1, 0.15) is 0 Å². The molecule has 0 spiro atoms. The normalized spacial score (nSPS) is 10.2. The van der Waals surface area contributed by atoms with Crippen molar-refractivity contribution in [2.24, 2.45) is 0 Å². The van der Waals surface area contributed by atoms with Crippen molar-refractivity contribution in [3.63, 3.8) is 0 Å². The maximum absolute atomic E-state index is 12.6. The van der Waals surface area contributed by atoms with E-state index in [1.54, 1.807) is 18.2 Å². The lowest BCUT2D eigenvalue weighted by molar-refractivity contribution is 0.0952. The Kier molecular flexibility index (Phi) is 5.09. The van der Waals surface area contributed by atoms with Crippen LogP contribution in [0.4, 0.5) is 0 Å². The second-order valence-corrected chi connectivity index (χ2v) is 5.57. The third-order valence-corrected chi connectivity index (χ3v) is 3.91. The van der Waals surface area contributed by atoms with Gasteiger partial charge in [-0.05, 0) is 22.6 Å². The SMILES string of the molecule is O=C(NCc1ccccc1)c1ccccc1B(O)c1ccccc1. The van der Waals surface area contributed by atoms with Gasteiger partial charge in [-0.2, -0.15) is 0 Å². The molecule has 0 unspecified atom stereocenters. The van der Waals surface area contributed by atoms with Crippen LogP contribution in [0.2, 0.25) is 0 Å². The molecule has 0 atom stereocenters. The molecule has 0 aliphatic rings. The maximum Gasteiger partial charge on any atom is 0.359 e. The first-order chi connectivity index (χ1) is 11.8. The molecular weight excluding hydrogens is 297 g/mol. The van der Waals surface area contributed by atoms with Crippen LogP contribution in [0.5, 0.6) is 0 Å². The Morgan fingerprint density at radius 3 is 2.12 bits per heavy atom. The molecule has 0 bridgehead atoms. The highest BCUT2D eigenvalue weighted by molar-refractivity contribution is 6.79. The summed E-state index contributed by atoms with van der Waals surface area (Å²) >= 11 is 0. The summed E-state index contributed by atoms with van der Waals surface area (Å²) in [7, 11) is 0. The molecule has 118 valence electrons. The van der Waals surface area contributed by atoms with Gasteiger partial charge in [-0.15, -0.1) is 0 Å². The van der Waals surface area contributed by atoms with E-state index < -0.39 is 6.92 Å². The molecule has 3 aromatic rings. The van der Waals surface area contributed by atoms with Crippen LogP contribution in [-0.4, -0.2) is 17.8 Å². The van der Waals surface area contributed by atoms with Gasteiger partial charge in [0.05, 0.1) is 0 Å². The topological polar surface area (TPSA) is 49.3 Å². The van der Waals surface area contributed by atoms with Crippen LogP contribution in [0.15, 0.2) is 84.9 Å². The highest BCUT2D eigenvalue weighted by atomic mass is 16.2. The number of benzene rings is 3. The molecule has 0 radical (unpaired) electrons. The fourth-order valence-electron chi connectivity index (χ4n) is 2.63. The lowest BCUT2D eigenvalue weighted by atomic mass is 9.54. The zero-order valence-corrected chi connectivity index (χ0v) is 13.2. The Bertz CT molecular complexity index is 806. The summed E-state index contributed by atoms with van der Waals surface area (Å²) in [6.07, 6.45) is 0. The van der Waals surface area contributed by atoms with Crippen LogP contribution in [0.1, 0.15) is 15.9 Å². The Hall–Kier alpha value is -2.85. The van der Waals surface area contributed by atoms with Gasteiger partial charge in [-0.25, -0.2) is 0 Å². The van der Waals surface area contributed by atoms with Gasteiger partial charge in [-0.3, -0.25) is 4.79 Å². The van der Waals surface area contributed by atoms with Crippen molar-refractivity contribution in [2.75, 3.05) is 0 Å². The first kappa shape index (κ1) is 16.0. The summed E-state index contributed by atoms with van der Waals surface area (Å²) in [4.78, 5) is 12.6. The summed E-state index contributed by atoms with van der Waals surface area (Å²) in [5, 5.41) is 13.5. The van der Waals surface area contributed by atoms with Gasteiger partial charge in [-0.1, -0.05) is 78.9 Å². The molecule has 3 nitrogen and oxygen atoms in total. The van der Waals surface area contributed by atoms with E-state index in [0.29, 0.717) is 17.6 Å². The average molecular weight is 315 g/mol. The number of carbonyl (C=O) groups excluding carboxylic acids is 1. The fraction of sp³-hybridized carbons (Fsp3) is 0.0500. The molecule has 24 heavy (non-hydrogen) atoms. The largest absolute Gasteiger partial charge is 0.443 e. The zero-order valence-electron chi connectivity index (χ0n) is 13.2. The summed E-state index contributed by atoms with van der Waals surface area (Å²) in [5.74, 6) is -0.190. The first-order valence-electron chi connectivity index (χ1n) is 7.90. The number of carbonyl (C=O) groups is 1. The monoisotopic (exact) mass is 315 g/mol. The lowest BCUT2D eigenvalue weighted by Crippen LogP contribution is -2.46. The number of nitrogens with one attached hydrogen (secondary N) is 1. The van der Waals surface area contributed by atoms with Crippen molar-refractivity contribution < 1.29 is 9.82 Å². The third-order valence-electron chi connectivity index (χ3n) is 3.91. The minimum absolute atomic E-state index is 0.190. The molecule has 0 aliphatic carbocycles. The molecule has 0 saturated heterocycles. The molecule has 3 rings (SSSR count). The molecule has 4 heteroatoms. The zero-order chi connectivity index (χ0) is 16.8. The predicted octanol–water partition coefficient (Wildman–Crippen LogP) is 1.71. The minimum Gasteiger partial charge on any atom is -0.443 e. The Balaban J connectivity index is 1.80. The lowest BCUT2D eigenvalue weighted by Gasteiger charge is -2.13. The van der Waals surface area contributed by atoms with E-state index in [2.05, 4.69) is 5.32 Å². The van der Waals surface area contributed by atoms with Crippen molar-refractivity contribution in [1.82, 2.24) is 5.32 Å². The Morgan fingerprint density at radius 1 is 0.833 bits per heavy atom. The van der Waals surface area contributed by atoms with Crippen molar-refractivity contribution in [3.05, 3.63) is 96.1 Å². The van der Waals surface area contributed by atoms with E-state index in [1.807, 2.05) is 66.7 Å². The quantitative estimate of drug-likeness (QED) is 0.704. The van der Waals surface area contributed by atoms with E-state index in [0.717, 1.165) is 11.0 Å². The standard InChI is InChI=1S/C20H18BNO2/c23-20(22-15-16-9-3-1-4-10-16)18-13-7-8-14-19(18)21(24)17-11-5-2-6-12-17/h1-14,24H,15H2,(H,22,23). The van der Waals surface area contributed by atoms with Crippen LogP contribution < -0.4 is 16.2 Å². The van der Waals surface area contributed by atoms with E-state index in [-0.39, 0.29) is 5.91 Å². The van der Waals surface area contributed by atoms with Crippen LogP contribution in [0.25, 0.3) is 0 Å². The van der Waals surface area contributed by atoms with Crippen molar-refractivity contribution in [2.45, 2.75) is 6.54 Å². The molecule has 0 aliphatic heterocycles. The second-order valence-electron chi connectivity index (χ2n) is 5.57. The Morgan fingerprint density at radius 2 is 1.42 bits per heavy atom. The highest BCUT2D eigenvalue weighted by Crippen LogP contribution is 2.02. The fourth-order valence-corrected chi connectivity index (χ4v) is 2.63. The molecule has 1 amide bonds. The second kappa shape index (κ2) is 7.62. The molecule has 0 fully saturated rings. The molecule has 0 heterocycles. The summed E-state index contributed by atoms with van der Waals surface area (Å²) in [5.41, 5.74) is 2.90. The van der Waals surface area contributed by atoms with Crippen LogP contribution in [0, 0.1) is 0 Å². The third kappa shape index (κ3) is 3.73. The average Bonchev–Trinajstić information content (AvgIpc) is 2.67. The van der Waals surface area contributed by atoms with Crippen LogP contribution >= 0.6 is 0 Å².